The van der Waals surface area contributed by atoms with Gasteiger partial charge in [-0.05, 0) is 12.8 Å². The van der Waals surface area contributed by atoms with Crippen LogP contribution in [0.3, 0.4) is 0 Å². The van der Waals surface area contributed by atoms with E-state index in [0.717, 1.165) is 24.3 Å². The first kappa shape index (κ1) is 14.0. The van der Waals surface area contributed by atoms with Crippen molar-refractivity contribution in [2.24, 2.45) is 0 Å². The molecule has 0 amide bonds. The number of nitrogens with zero attached hydrogens (tertiary/aromatic N) is 3. The number of alkyl halides is 1. The minimum atomic E-state index is 0.588. The minimum Gasteiger partial charge on any atom is -0.383 e. The Bertz CT molecular complexity index is 359. The normalized spacial score (nSPS) is 17.9. The van der Waals surface area contributed by atoms with Gasteiger partial charge in [-0.1, -0.05) is 41.6 Å². The highest BCUT2D eigenvalue weighted by atomic mass is 79.9. The predicted octanol–water partition coefficient (Wildman–Crippen LogP) is 3.26. The van der Waals surface area contributed by atoms with E-state index in [1.54, 1.807) is 7.11 Å². The van der Waals surface area contributed by atoms with Crippen LogP contribution in [0.1, 0.15) is 56.1 Å². The SMILES string of the molecule is COCCn1c(CBr)nnc1C1CCCCCC1. The molecule has 1 aliphatic carbocycles. The van der Waals surface area contributed by atoms with Gasteiger partial charge in [0.1, 0.15) is 11.6 Å². The molecule has 1 aliphatic rings. The maximum Gasteiger partial charge on any atom is 0.143 e. The molecule has 0 aliphatic heterocycles. The number of methoxy groups -OCH3 is 1. The topological polar surface area (TPSA) is 39.9 Å². The zero-order valence-electron chi connectivity index (χ0n) is 11.1. The van der Waals surface area contributed by atoms with Gasteiger partial charge in [-0.15, -0.1) is 10.2 Å². The van der Waals surface area contributed by atoms with Gasteiger partial charge >= 0.3 is 0 Å². The van der Waals surface area contributed by atoms with Crippen LogP contribution in [0.25, 0.3) is 0 Å². The van der Waals surface area contributed by atoms with Gasteiger partial charge in [0.15, 0.2) is 0 Å². The van der Waals surface area contributed by atoms with Gasteiger partial charge in [-0.3, -0.25) is 0 Å². The summed E-state index contributed by atoms with van der Waals surface area (Å²) in [6, 6.07) is 0. The lowest BCUT2D eigenvalue weighted by Gasteiger charge is -2.16. The fourth-order valence-electron chi connectivity index (χ4n) is 2.71. The van der Waals surface area contributed by atoms with E-state index in [-0.39, 0.29) is 0 Å². The van der Waals surface area contributed by atoms with Crippen molar-refractivity contribution < 1.29 is 4.74 Å². The molecule has 0 spiro atoms. The fraction of sp³-hybridized carbons (Fsp3) is 0.846. The van der Waals surface area contributed by atoms with Gasteiger partial charge < -0.3 is 9.30 Å². The van der Waals surface area contributed by atoms with E-state index in [1.807, 2.05) is 0 Å². The van der Waals surface area contributed by atoms with Gasteiger partial charge in [-0.2, -0.15) is 0 Å². The molecule has 0 unspecified atom stereocenters. The van der Waals surface area contributed by atoms with Crippen molar-refractivity contribution in [1.82, 2.24) is 14.8 Å². The van der Waals surface area contributed by atoms with E-state index >= 15 is 0 Å². The molecule has 5 heteroatoms. The zero-order valence-corrected chi connectivity index (χ0v) is 12.7. The zero-order chi connectivity index (χ0) is 12.8. The number of halogens is 1. The second kappa shape index (κ2) is 7.24. The van der Waals surface area contributed by atoms with Gasteiger partial charge in [-0.25, -0.2) is 0 Å². The maximum atomic E-state index is 5.19. The summed E-state index contributed by atoms with van der Waals surface area (Å²) in [6.45, 7) is 1.58. The van der Waals surface area contributed by atoms with Crippen molar-refractivity contribution in [2.75, 3.05) is 13.7 Å². The lowest BCUT2D eigenvalue weighted by atomic mass is 9.99. The Kier molecular flexibility index (Phi) is 5.63. The third kappa shape index (κ3) is 3.32. The van der Waals surface area contributed by atoms with E-state index in [2.05, 4.69) is 30.7 Å². The van der Waals surface area contributed by atoms with Crippen LogP contribution in [0.4, 0.5) is 0 Å². The smallest absolute Gasteiger partial charge is 0.143 e. The van der Waals surface area contributed by atoms with Crippen LogP contribution in [-0.2, 0) is 16.6 Å². The first-order valence-corrected chi connectivity index (χ1v) is 7.96. The predicted molar refractivity (Wildman–Crippen MR) is 75.0 cm³/mol. The van der Waals surface area contributed by atoms with Crippen LogP contribution in [0.15, 0.2) is 0 Å². The average molecular weight is 316 g/mol. The molecule has 18 heavy (non-hydrogen) atoms. The molecule has 0 bridgehead atoms. The molecule has 102 valence electrons. The first-order valence-electron chi connectivity index (χ1n) is 6.83. The molecular weight excluding hydrogens is 294 g/mol. The molecule has 0 aromatic carbocycles. The van der Waals surface area contributed by atoms with Crippen molar-refractivity contribution in [1.29, 1.82) is 0 Å². The molecule has 0 N–H and O–H groups in total. The van der Waals surface area contributed by atoms with Crippen LogP contribution in [-0.4, -0.2) is 28.5 Å². The average Bonchev–Trinajstić information content (AvgIpc) is 2.61. The molecule has 1 saturated carbocycles. The number of ether oxygens (including phenoxy) is 1. The van der Waals surface area contributed by atoms with Crippen molar-refractivity contribution in [2.45, 2.75) is 56.3 Å². The lowest BCUT2D eigenvalue weighted by Crippen LogP contribution is -2.14. The molecule has 1 aromatic rings. The van der Waals surface area contributed by atoms with Crippen LogP contribution in [0.5, 0.6) is 0 Å². The Balaban J connectivity index is 2.16. The molecule has 4 nitrogen and oxygen atoms in total. The van der Waals surface area contributed by atoms with E-state index in [1.165, 1.54) is 44.3 Å². The van der Waals surface area contributed by atoms with E-state index in [0.29, 0.717) is 5.92 Å². The second-order valence-electron chi connectivity index (χ2n) is 4.94. The van der Waals surface area contributed by atoms with Crippen LogP contribution >= 0.6 is 15.9 Å². The van der Waals surface area contributed by atoms with Crippen LogP contribution in [0.2, 0.25) is 0 Å². The van der Waals surface area contributed by atoms with Crippen molar-refractivity contribution in [3.05, 3.63) is 11.6 Å². The van der Waals surface area contributed by atoms with E-state index in [9.17, 15) is 0 Å². The Hall–Kier alpha value is -0.420. The van der Waals surface area contributed by atoms with Crippen molar-refractivity contribution in [3.8, 4) is 0 Å². The van der Waals surface area contributed by atoms with E-state index in [4.69, 9.17) is 4.74 Å². The molecule has 1 aromatic heterocycles. The summed E-state index contributed by atoms with van der Waals surface area (Å²) in [5.41, 5.74) is 0. The Morgan fingerprint density at radius 3 is 2.56 bits per heavy atom. The second-order valence-corrected chi connectivity index (χ2v) is 5.50. The lowest BCUT2D eigenvalue weighted by molar-refractivity contribution is 0.185. The van der Waals surface area contributed by atoms with Crippen molar-refractivity contribution in [3.63, 3.8) is 0 Å². The summed E-state index contributed by atoms with van der Waals surface area (Å²) >= 11 is 3.49. The summed E-state index contributed by atoms with van der Waals surface area (Å²) in [4.78, 5) is 0. The molecule has 0 saturated heterocycles. The molecular formula is C13H22BrN3O. The number of rotatable bonds is 5. The minimum absolute atomic E-state index is 0.588. The fourth-order valence-corrected chi connectivity index (χ4v) is 3.13. The van der Waals surface area contributed by atoms with Gasteiger partial charge in [0.25, 0.3) is 0 Å². The highest BCUT2D eigenvalue weighted by molar-refractivity contribution is 9.08. The summed E-state index contributed by atoms with van der Waals surface area (Å²) in [7, 11) is 1.74. The number of aromatic nitrogens is 3. The molecule has 1 fully saturated rings. The Morgan fingerprint density at radius 2 is 1.94 bits per heavy atom. The molecule has 2 rings (SSSR count). The third-order valence-corrected chi connectivity index (χ3v) is 4.22. The number of hydrogen-bond donors (Lipinski definition) is 0. The molecule has 0 atom stereocenters. The van der Waals surface area contributed by atoms with Gasteiger partial charge in [0.05, 0.1) is 11.9 Å². The Labute approximate surface area is 117 Å². The first-order chi connectivity index (χ1) is 8.86. The quantitative estimate of drug-likeness (QED) is 0.618. The van der Waals surface area contributed by atoms with E-state index < -0.39 is 0 Å². The third-order valence-electron chi connectivity index (χ3n) is 3.71. The van der Waals surface area contributed by atoms with Gasteiger partial charge in [0.2, 0.25) is 0 Å². The summed E-state index contributed by atoms with van der Waals surface area (Å²) in [6.07, 6.45) is 7.90. The Morgan fingerprint density at radius 1 is 1.22 bits per heavy atom. The summed E-state index contributed by atoms with van der Waals surface area (Å²) in [5.74, 6) is 2.78. The van der Waals surface area contributed by atoms with Gasteiger partial charge in [0, 0.05) is 19.6 Å². The highest BCUT2D eigenvalue weighted by Gasteiger charge is 2.21. The van der Waals surface area contributed by atoms with Crippen molar-refractivity contribution >= 4 is 15.9 Å². The monoisotopic (exact) mass is 315 g/mol. The molecule has 1 heterocycles. The largest absolute Gasteiger partial charge is 0.383 e. The highest BCUT2D eigenvalue weighted by Crippen LogP contribution is 2.31. The van der Waals surface area contributed by atoms with Crippen LogP contribution < -0.4 is 0 Å². The maximum absolute atomic E-state index is 5.19. The molecule has 0 radical (unpaired) electrons. The number of hydrogen-bond acceptors (Lipinski definition) is 3. The summed E-state index contributed by atoms with van der Waals surface area (Å²) in [5, 5.41) is 9.50. The van der Waals surface area contributed by atoms with Crippen LogP contribution in [0, 0.1) is 0 Å². The summed E-state index contributed by atoms with van der Waals surface area (Å²) < 4.78 is 7.43. The standard InChI is InChI=1S/C13H22BrN3O/c1-18-9-8-17-12(10-14)15-16-13(17)11-6-4-2-3-5-7-11/h11H,2-10H2,1H3.